The summed E-state index contributed by atoms with van der Waals surface area (Å²) in [5.74, 6) is 1.94. The predicted octanol–water partition coefficient (Wildman–Crippen LogP) is 3.89. The van der Waals surface area contributed by atoms with Gasteiger partial charge in [0.2, 0.25) is 0 Å². The SMILES string of the molecule is C[C@H](O)[C@@]1(O)CC[C@H]2[C@@H]3CC[C@]4(C)C[C@H](O)CC[C@]4(C)[C@H]3CC[C@@]21C. The third-order valence-corrected chi connectivity index (χ3v) is 10.3. The fourth-order valence-electron chi connectivity index (χ4n) is 8.35. The smallest absolute Gasteiger partial charge is 0.0958 e. The van der Waals surface area contributed by atoms with Crippen LogP contribution in [0.25, 0.3) is 0 Å². The summed E-state index contributed by atoms with van der Waals surface area (Å²) in [4.78, 5) is 0. The van der Waals surface area contributed by atoms with E-state index in [1.54, 1.807) is 6.92 Å². The Kier molecular flexibility index (Phi) is 3.98. The predicted molar refractivity (Wildman–Crippen MR) is 99.0 cm³/mol. The summed E-state index contributed by atoms with van der Waals surface area (Å²) < 4.78 is 0. The van der Waals surface area contributed by atoms with Crippen molar-refractivity contribution in [3.05, 3.63) is 0 Å². The molecule has 0 saturated heterocycles. The molecular formula is C22H38O3. The average Bonchev–Trinajstić information content (AvgIpc) is 2.82. The molecule has 0 bridgehead atoms. The lowest BCUT2D eigenvalue weighted by molar-refractivity contribution is -0.203. The second-order valence-corrected chi connectivity index (χ2v) is 10.9. The van der Waals surface area contributed by atoms with Crippen molar-refractivity contribution in [2.24, 2.45) is 34.0 Å². The lowest BCUT2D eigenvalue weighted by Crippen LogP contribution is -2.61. The van der Waals surface area contributed by atoms with Crippen molar-refractivity contribution in [1.29, 1.82) is 0 Å². The van der Waals surface area contributed by atoms with Gasteiger partial charge in [0, 0.05) is 5.41 Å². The van der Waals surface area contributed by atoms with Crippen LogP contribution in [-0.4, -0.2) is 33.1 Å². The number of fused-ring (bicyclic) bond motifs is 5. The molecule has 4 aliphatic carbocycles. The second kappa shape index (κ2) is 5.45. The fraction of sp³-hybridized carbons (Fsp3) is 1.00. The third kappa shape index (κ3) is 2.15. The summed E-state index contributed by atoms with van der Waals surface area (Å²) in [6.45, 7) is 8.98. The molecule has 0 aromatic rings. The molecule has 0 aliphatic heterocycles. The molecule has 144 valence electrons. The minimum atomic E-state index is -0.910. The second-order valence-electron chi connectivity index (χ2n) is 10.9. The van der Waals surface area contributed by atoms with Crippen molar-refractivity contribution in [2.45, 2.75) is 103 Å². The van der Waals surface area contributed by atoms with Gasteiger partial charge in [0.25, 0.3) is 0 Å². The summed E-state index contributed by atoms with van der Waals surface area (Å²) >= 11 is 0. The van der Waals surface area contributed by atoms with Crippen molar-refractivity contribution in [3.63, 3.8) is 0 Å². The maximum Gasteiger partial charge on any atom is 0.0958 e. The fourth-order valence-corrected chi connectivity index (χ4v) is 8.35. The van der Waals surface area contributed by atoms with E-state index >= 15 is 0 Å². The molecule has 0 radical (unpaired) electrons. The van der Waals surface area contributed by atoms with Gasteiger partial charge in [0.15, 0.2) is 0 Å². The third-order valence-electron chi connectivity index (χ3n) is 10.3. The molecule has 4 saturated carbocycles. The topological polar surface area (TPSA) is 60.7 Å². The molecule has 25 heavy (non-hydrogen) atoms. The molecule has 3 heteroatoms. The van der Waals surface area contributed by atoms with E-state index < -0.39 is 11.7 Å². The van der Waals surface area contributed by atoms with Gasteiger partial charge in [-0.15, -0.1) is 0 Å². The van der Waals surface area contributed by atoms with Crippen LogP contribution in [0.15, 0.2) is 0 Å². The first-order valence-corrected chi connectivity index (χ1v) is 10.7. The van der Waals surface area contributed by atoms with Gasteiger partial charge in [0.1, 0.15) is 0 Å². The quantitative estimate of drug-likeness (QED) is 0.672. The highest BCUT2D eigenvalue weighted by Gasteiger charge is 2.67. The summed E-state index contributed by atoms with van der Waals surface area (Å²) in [7, 11) is 0. The van der Waals surface area contributed by atoms with E-state index in [-0.39, 0.29) is 16.9 Å². The molecular weight excluding hydrogens is 312 g/mol. The Hall–Kier alpha value is -0.120. The molecule has 3 N–H and O–H groups in total. The van der Waals surface area contributed by atoms with Gasteiger partial charge >= 0.3 is 0 Å². The highest BCUT2D eigenvalue weighted by Crippen LogP contribution is 2.71. The average molecular weight is 351 g/mol. The normalized spacial score (nSPS) is 59.6. The Morgan fingerprint density at radius 3 is 2.12 bits per heavy atom. The summed E-state index contributed by atoms with van der Waals surface area (Å²) in [6, 6.07) is 0. The van der Waals surface area contributed by atoms with Crippen LogP contribution in [0.5, 0.6) is 0 Å². The summed E-state index contributed by atoms with van der Waals surface area (Å²) in [5.41, 5.74) is -0.464. The molecule has 0 heterocycles. The Labute approximate surface area is 153 Å². The Morgan fingerprint density at radius 1 is 0.840 bits per heavy atom. The number of rotatable bonds is 1. The van der Waals surface area contributed by atoms with E-state index in [0.29, 0.717) is 23.2 Å². The number of hydrogen-bond acceptors (Lipinski definition) is 3. The molecule has 3 nitrogen and oxygen atoms in total. The lowest BCUT2D eigenvalue weighted by atomic mass is 9.40. The van der Waals surface area contributed by atoms with Crippen molar-refractivity contribution in [3.8, 4) is 0 Å². The first kappa shape index (κ1) is 18.3. The molecule has 0 aromatic heterocycles. The van der Waals surface area contributed by atoms with Gasteiger partial charge < -0.3 is 15.3 Å². The molecule has 0 aromatic carbocycles. The van der Waals surface area contributed by atoms with Gasteiger partial charge in [0.05, 0.1) is 17.8 Å². The maximum absolute atomic E-state index is 11.3. The van der Waals surface area contributed by atoms with E-state index in [1.807, 2.05) is 0 Å². The van der Waals surface area contributed by atoms with Crippen molar-refractivity contribution >= 4 is 0 Å². The van der Waals surface area contributed by atoms with E-state index in [2.05, 4.69) is 20.8 Å². The van der Waals surface area contributed by atoms with Crippen LogP contribution in [0, 0.1) is 34.0 Å². The summed E-state index contributed by atoms with van der Waals surface area (Å²) in [6.07, 6.45) is 8.78. The van der Waals surface area contributed by atoms with Crippen LogP contribution in [0.3, 0.4) is 0 Å². The molecule has 9 atom stereocenters. The number of aliphatic hydroxyl groups is 3. The van der Waals surface area contributed by atoms with Crippen LogP contribution < -0.4 is 0 Å². The lowest BCUT2D eigenvalue weighted by Gasteiger charge is -2.65. The number of aliphatic hydroxyl groups excluding tert-OH is 2. The Morgan fingerprint density at radius 2 is 1.44 bits per heavy atom. The van der Waals surface area contributed by atoms with Crippen LogP contribution in [0.2, 0.25) is 0 Å². The zero-order valence-corrected chi connectivity index (χ0v) is 16.6. The molecule has 0 unspecified atom stereocenters. The van der Waals surface area contributed by atoms with Crippen molar-refractivity contribution in [2.75, 3.05) is 0 Å². The van der Waals surface area contributed by atoms with Crippen LogP contribution >= 0.6 is 0 Å². The zero-order valence-electron chi connectivity index (χ0n) is 16.6. The largest absolute Gasteiger partial charge is 0.393 e. The van der Waals surface area contributed by atoms with E-state index in [9.17, 15) is 15.3 Å². The molecule has 0 spiro atoms. The van der Waals surface area contributed by atoms with Gasteiger partial charge in [-0.05, 0) is 93.3 Å². The first-order valence-electron chi connectivity index (χ1n) is 10.7. The number of hydrogen-bond donors (Lipinski definition) is 3. The van der Waals surface area contributed by atoms with E-state index in [0.717, 1.165) is 38.5 Å². The van der Waals surface area contributed by atoms with Crippen molar-refractivity contribution in [1.82, 2.24) is 0 Å². The molecule has 0 amide bonds. The van der Waals surface area contributed by atoms with E-state index in [4.69, 9.17) is 0 Å². The Bertz CT molecular complexity index is 547. The van der Waals surface area contributed by atoms with E-state index in [1.165, 1.54) is 19.3 Å². The Balaban J connectivity index is 1.67. The molecule has 4 rings (SSSR count). The maximum atomic E-state index is 11.3. The minimum absolute atomic E-state index is 0.115. The van der Waals surface area contributed by atoms with Crippen LogP contribution in [-0.2, 0) is 0 Å². The van der Waals surface area contributed by atoms with Gasteiger partial charge in [-0.25, -0.2) is 0 Å². The standard InChI is InChI=1S/C22H38O3/c1-14(23)22(25)12-8-18-16-6-9-19(2)13-15(24)5-10-20(19,3)17(16)7-11-21(18,22)4/h14-18,23-25H,5-13H2,1-4H3/t14-,15+,16+,17-,18-,19+,20+,21-,22-/m0/s1. The highest BCUT2D eigenvalue weighted by atomic mass is 16.3. The monoisotopic (exact) mass is 350 g/mol. The van der Waals surface area contributed by atoms with Gasteiger partial charge in [-0.3, -0.25) is 0 Å². The molecule has 4 aliphatic rings. The van der Waals surface area contributed by atoms with Crippen molar-refractivity contribution < 1.29 is 15.3 Å². The highest BCUT2D eigenvalue weighted by molar-refractivity contribution is 5.16. The van der Waals surface area contributed by atoms with Crippen LogP contribution in [0.1, 0.15) is 85.5 Å². The van der Waals surface area contributed by atoms with Crippen LogP contribution in [0.4, 0.5) is 0 Å². The zero-order chi connectivity index (χ0) is 18.3. The summed E-state index contributed by atoms with van der Waals surface area (Å²) in [5, 5.41) is 31.9. The first-order chi connectivity index (χ1) is 11.6. The van der Waals surface area contributed by atoms with Gasteiger partial charge in [-0.1, -0.05) is 20.8 Å². The molecule has 4 fully saturated rings. The minimum Gasteiger partial charge on any atom is -0.393 e. The van der Waals surface area contributed by atoms with Gasteiger partial charge in [-0.2, -0.15) is 0 Å².